The van der Waals surface area contributed by atoms with Gasteiger partial charge in [0.05, 0.1) is 6.20 Å². The van der Waals surface area contributed by atoms with Crippen LogP contribution in [0, 0.1) is 13.8 Å². The van der Waals surface area contributed by atoms with Gasteiger partial charge < -0.3 is 9.30 Å². The molecule has 0 N–H and O–H groups in total. The Morgan fingerprint density at radius 2 is 1.94 bits per heavy atom. The van der Waals surface area contributed by atoms with Gasteiger partial charge in [-0.25, -0.2) is 4.98 Å². The highest BCUT2D eigenvalue weighted by Crippen LogP contribution is 2.26. The summed E-state index contributed by atoms with van der Waals surface area (Å²) >= 11 is 9.46. The molecule has 0 spiro atoms. The molecule has 0 aliphatic heterocycles. The lowest BCUT2D eigenvalue weighted by Crippen LogP contribution is -2.04. The lowest BCUT2D eigenvalue weighted by atomic mass is 10.1. The maximum Gasteiger partial charge on any atom is 0.147 e. The number of aryl methyl sites for hydroxylation is 2. The number of hydrogen-bond acceptors (Lipinski definition) is 2. The number of hydrogen-bond donors (Lipinski definition) is 0. The molecule has 0 atom stereocenters. The normalized spacial score (nSPS) is 10.7. The summed E-state index contributed by atoms with van der Waals surface area (Å²) in [6.45, 7) is 4.49. The van der Waals surface area contributed by atoms with Crippen molar-refractivity contribution >= 4 is 27.5 Å². The largest absolute Gasteiger partial charge is 0.486 e. The SMILES string of the molecule is Cc1cc(OCc2ncc(Cl)n2C)cc(C)c1Br. The molecule has 0 saturated carbocycles. The van der Waals surface area contributed by atoms with E-state index >= 15 is 0 Å². The first-order valence-corrected chi connectivity index (χ1v) is 6.71. The second-order valence-corrected chi connectivity index (χ2v) is 5.40. The topological polar surface area (TPSA) is 27.1 Å². The smallest absolute Gasteiger partial charge is 0.147 e. The molecule has 0 unspecified atom stereocenters. The lowest BCUT2D eigenvalue weighted by Gasteiger charge is -2.10. The van der Waals surface area contributed by atoms with Crippen LogP contribution in [0.25, 0.3) is 0 Å². The number of benzene rings is 1. The molecule has 1 heterocycles. The summed E-state index contributed by atoms with van der Waals surface area (Å²) in [5.41, 5.74) is 2.31. The van der Waals surface area contributed by atoms with Crippen LogP contribution in [0.2, 0.25) is 5.15 Å². The Balaban J connectivity index is 2.13. The molecule has 5 heteroatoms. The van der Waals surface area contributed by atoms with Crippen LogP contribution >= 0.6 is 27.5 Å². The van der Waals surface area contributed by atoms with Crippen LogP contribution in [0.5, 0.6) is 5.75 Å². The number of nitrogens with zero attached hydrogens (tertiary/aromatic N) is 2. The minimum Gasteiger partial charge on any atom is -0.486 e. The molecule has 0 saturated heterocycles. The average molecular weight is 330 g/mol. The van der Waals surface area contributed by atoms with Crippen LogP contribution in [0.15, 0.2) is 22.8 Å². The van der Waals surface area contributed by atoms with Crippen molar-refractivity contribution in [3.8, 4) is 5.75 Å². The summed E-state index contributed by atoms with van der Waals surface area (Å²) in [5, 5.41) is 0.608. The zero-order valence-electron chi connectivity index (χ0n) is 10.5. The van der Waals surface area contributed by atoms with Crippen LogP contribution in [0.1, 0.15) is 17.0 Å². The van der Waals surface area contributed by atoms with E-state index in [0.29, 0.717) is 11.8 Å². The van der Waals surface area contributed by atoms with Crippen LogP contribution in [0.4, 0.5) is 0 Å². The third kappa shape index (κ3) is 2.70. The highest BCUT2D eigenvalue weighted by Gasteiger charge is 2.07. The number of ether oxygens (including phenoxy) is 1. The molecule has 2 rings (SSSR count). The number of aromatic nitrogens is 2. The Morgan fingerprint density at radius 3 is 2.44 bits per heavy atom. The van der Waals surface area contributed by atoms with Crippen molar-refractivity contribution in [3.63, 3.8) is 0 Å². The molecule has 0 aliphatic carbocycles. The van der Waals surface area contributed by atoms with Crippen LogP contribution in [-0.4, -0.2) is 9.55 Å². The zero-order chi connectivity index (χ0) is 13.3. The van der Waals surface area contributed by atoms with E-state index in [1.165, 1.54) is 0 Å². The van der Waals surface area contributed by atoms with Gasteiger partial charge in [0, 0.05) is 11.5 Å². The van der Waals surface area contributed by atoms with E-state index in [2.05, 4.69) is 20.9 Å². The third-order valence-corrected chi connectivity index (χ3v) is 4.41. The van der Waals surface area contributed by atoms with Crippen LogP contribution < -0.4 is 4.74 Å². The van der Waals surface area contributed by atoms with Gasteiger partial charge in [-0.3, -0.25) is 0 Å². The fourth-order valence-electron chi connectivity index (χ4n) is 1.70. The Morgan fingerprint density at radius 1 is 1.33 bits per heavy atom. The van der Waals surface area contributed by atoms with Gasteiger partial charge in [0.1, 0.15) is 23.3 Å². The second kappa shape index (κ2) is 5.33. The summed E-state index contributed by atoms with van der Waals surface area (Å²) in [6, 6.07) is 4.00. The lowest BCUT2D eigenvalue weighted by molar-refractivity contribution is 0.291. The van der Waals surface area contributed by atoms with Crippen molar-refractivity contribution in [2.75, 3.05) is 0 Å². The van der Waals surface area contributed by atoms with Crippen molar-refractivity contribution in [2.45, 2.75) is 20.5 Å². The van der Waals surface area contributed by atoms with Crippen molar-refractivity contribution in [1.82, 2.24) is 9.55 Å². The molecule has 2 aromatic rings. The first-order valence-electron chi connectivity index (χ1n) is 5.54. The highest BCUT2D eigenvalue weighted by molar-refractivity contribution is 9.10. The maximum atomic E-state index is 5.92. The van der Waals surface area contributed by atoms with E-state index in [1.807, 2.05) is 33.0 Å². The van der Waals surface area contributed by atoms with Crippen molar-refractivity contribution < 1.29 is 4.74 Å². The third-order valence-electron chi connectivity index (χ3n) is 2.81. The molecular weight excluding hydrogens is 316 g/mol. The van der Waals surface area contributed by atoms with Crippen molar-refractivity contribution in [3.05, 3.63) is 44.9 Å². The number of halogens is 2. The van der Waals surface area contributed by atoms with E-state index in [-0.39, 0.29) is 0 Å². The molecule has 3 nitrogen and oxygen atoms in total. The van der Waals surface area contributed by atoms with Crippen LogP contribution in [-0.2, 0) is 13.7 Å². The Labute approximate surface area is 120 Å². The molecule has 0 radical (unpaired) electrons. The predicted octanol–water partition coefficient (Wildman–Crippen LogP) is 4.03. The van der Waals surface area contributed by atoms with Gasteiger partial charge >= 0.3 is 0 Å². The highest BCUT2D eigenvalue weighted by atomic mass is 79.9. The summed E-state index contributed by atoms with van der Waals surface area (Å²) in [7, 11) is 1.87. The van der Waals surface area contributed by atoms with E-state index < -0.39 is 0 Å². The first-order chi connectivity index (χ1) is 8.49. The number of rotatable bonds is 3. The predicted molar refractivity (Wildman–Crippen MR) is 76.2 cm³/mol. The molecule has 1 aromatic carbocycles. The zero-order valence-corrected chi connectivity index (χ0v) is 12.8. The molecule has 0 amide bonds. The van der Waals surface area contributed by atoms with Gasteiger partial charge in [0.25, 0.3) is 0 Å². The molecular formula is C13H14BrClN2O. The van der Waals surface area contributed by atoms with Gasteiger partial charge in [-0.1, -0.05) is 27.5 Å². The van der Waals surface area contributed by atoms with Crippen molar-refractivity contribution in [1.29, 1.82) is 0 Å². The van der Waals surface area contributed by atoms with Crippen molar-refractivity contribution in [2.24, 2.45) is 7.05 Å². The number of imidazole rings is 1. The molecule has 0 aliphatic rings. The van der Waals surface area contributed by atoms with E-state index in [9.17, 15) is 0 Å². The molecule has 0 fully saturated rings. The van der Waals surface area contributed by atoms with Gasteiger partial charge in [-0.2, -0.15) is 0 Å². The fourth-order valence-corrected chi connectivity index (χ4v) is 2.07. The molecule has 0 bridgehead atoms. The average Bonchev–Trinajstić information content (AvgIpc) is 2.64. The summed E-state index contributed by atoms with van der Waals surface area (Å²) < 4.78 is 8.67. The van der Waals surface area contributed by atoms with Gasteiger partial charge in [0.15, 0.2) is 0 Å². The van der Waals surface area contributed by atoms with Crippen LogP contribution in [0.3, 0.4) is 0 Å². The maximum absolute atomic E-state index is 5.92. The van der Waals surface area contributed by atoms with E-state index in [1.54, 1.807) is 10.8 Å². The first kappa shape index (κ1) is 13.4. The molecule has 18 heavy (non-hydrogen) atoms. The molecule has 96 valence electrons. The summed E-state index contributed by atoms with van der Waals surface area (Å²) in [5.74, 6) is 1.64. The summed E-state index contributed by atoms with van der Waals surface area (Å²) in [6.07, 6.45) is 1.62. The summed E-state index contributed by atoms with van der Waals surface area (Å²) in [4.78, 5) is 4.19. The standard InChI is InChI=1S/C13H14BrClN2O/c1-8-4-10(5-9(2)13(8)14)18-7-12-16-6-11(15)17(12)3/h4-6H,7H2,1-3H3. The Bertz CT molecular complexity index is 557. The second-order valence-electron chi connectivity index (χ2n) is 4.22. The van der Waals surface area contributed by atoms with E-state index in [0.717, 1.165) is 27.2 Å². The fraction of sp³-hybridized carbons (Fsp3) is 0.308. The minimum atomic E-state index is 0.406. The molecule has 1 aromatic heterocycles. The minimum absolute atomic E-state index is 0.406. The van der Waals surface area contributed by atoms with E-state index in [4.69, 9.17) is 16.3 Å². The monoisotopic (exact) mass is 328 g/mol. The van der Waals surface area contributed by atoms with Gasteiger partial charge in [-0.05, 0) is 37.1 Å². The quantitative estimate of drug-likeness (QED) is 0.850. The Kier molecular flexibility index (Phi) is 3.97. The Hall–Kier alpha value is -1.00. The van der Waals surface area contributed by atoms with Gasteiger partial charge in [0.2, 0.25) is 0 Å². The van der Waals surface area contributed by atoms with Gasteiger partial charge in [-0.15, -0.1) is 0 Å².